The number of guanidine groups is 1. The Balaban J connectivity index is 1.76. The van der Waals surface area contributed by atoms with Crippen molar-refractivity contribution in [2.45, 2.75) is 32.8 Å². The highest BCUT2D eigenvalue weighted by molar-refractivity contribution is 6.10. The van der Waals surface area contributed by atoms with Gasteiger partial charge in [-0.15, -0.1) is 0 Å². The number of hydrogen-bond donors (Lipinski definition) is 2. The van der Waals surface area contributed by atoms with Gasteiger partial charge in [0.1, 0.15) is 5.82 Å². The molecule has 1 heterocycles. The maximum absolute atomic E-state index is 13.5. The lowest BCUT2D eigenvalue weighted by Crippen LogP contribution is -2.36. The molecule has 1 fully saturated rings. The highest BCUT2D eigenvalue weighted by atomic mass is 19.1. The van der Waals surface area contributed by atoms with Crippen molar-refractivity contribution >= 4 is 17.6 Å². The van der Waals surface area contributed by atoms with Crippen LogP contribution in [0.3, 0.4) is 0 Å². The number of aliphatic imine (C=N–C) groups is 1. The lowest BCUT2D eigenvalue weighted by Gasteiger charge is -2.14. The smallest absolute Gasteiger partial charge is 0.257 e. The van der Waals surface area contributed by atoms with Gasteiger partial charge in [-0.1, -0.05) is 12.1 Å². The molecule has 2 aromatic carbocycles. The van der Waals surface area contributed by atoms with E-state index in [9.17, 15) is 9.18 Å². The van der Waals surface area contributed by atoms with Gasteiger partial charge in [-0.05, 0) is 68.1 Å². The standard InChI is InChI=1S/C21H24FN3O2/c1-14-8-9-16(11-15(14)2)20(26)25-21(23-13-19-7-4-10-27-19)24-18-6-3-5-17(22)12-18/h3,5-6,8-9,11-12,19H,4,7,10,13H2,1-2H3,(H2,23,24,25,26)/t19-/m1/s1. The number of hydrogen-bond acceptors (Lipinski definition) is 3. The van der Waals surface area contributed by atoms with E-state index in [4.69, 9.17) is 4.74 Å². The summed E-state index contributed by atoms with van der Waals surface area (Å²) in [5, 5.41) is 5.79. The molecule has 0 aliphatic carbocycles. The van der Waals surface area contributed by atoms with E-state index < -0.39 is 0 Å². The summed E-state index contributed by atoms with van der Waals surface area (Å²) in [7, 11) is 0. The fourth-order valence-electron chi connectivity index (χ4n) is 2.86. The summed E-state index contributed by atoms with van der Waals surface area (Å²) in [5.74, 6) is -0.355. The molecule has 0 spiro atoms. The minimum absolute atomic E-state index is 0.0489. The summed E-state index contributed by atoms with van der Waals surface area (Å²) < 4.78 is 19.1. The summed E-state index contributed by atoms with van der Waals surface area (Å²) in [4.78, 5) is 17.1. The maximum Gasteiger partial charge on any atom is 0.257 e. The van der Waals surface area contributed by atoms with Crippen LogP contribution in [0.4, 0.5) is 10.1 Å². The zero-order valence-corrected chi connectivity index (χ0v) is 15.6. The van der Waals surface area contributed by atoms with Gasteiger partial charge in [0.15, 0.2) is 0 Å². The molecule has 1 atom stereocenters. The number of benzene rings is 2. The van der Waals surface area contributed by atoms with Crippen LogP contribution in [-0.2, 0) is 4.74 Å². The molecular weight excluding hydrogens is 345 g/mol. The number of anilines is 1. The molecule has 0 aromatic heterocycles. The van der Waals surface area contributed by atoms with Crippen LogP contribution in [0.25, 0.3) is 0 Å². The van der Waals surface area contributed by atoms with Crippen LogP contribution in [0.5, 0.6) is 0 Å². The van der Waals surface area contributed by atoms with Crippen LogP contribution in [0, 0.1) is 19.7 Å². The number of carbonyl (C=O) groups is 1. The lowest BCUT2D eigenvalue weighted by molar-refractivity contribution is 0.0975. The van der Waals surface area contributed by atoms with Gasteiger partial charge in [-0.3, -0.25) is 10.1 Å². The summed E-state index contributed by atoms with van der Waals surface area (Å²) in [6.07, 6.45) is 2.01. The van der Waals surface area contributed by atoms with Gasteiger partial charge in [0.25, 0.3) is 5.91 Å². The van der Waals surface area contributed by atoms with Crippen LogP contribution in [0.15, 0.2) is 47.5 Å². The number of aryl methyl sites for hydroxylation is 2. The van der Waals surface area contributed by atoms with E-state index in [0.717, 1.165) is 30.6 Å². The molecule has 0 saturated carbocycles. The molecule has 1 aliphatic rings. The fraction of sp³-hybridized carbons (Fsp3) is 0.333. The second-order valence-corrected chi connectivity index (χ2v) is 6.71. The van der Waals surface area contributed by atoms with E-state index in [1.807, 2.05) is 26.0 Å². The largest absolute Gasteiger partial charge is 0.376 e. The lowest BCUT2D eigenvalue weighted by atomic mass is 10.1. The molecule has 3 rings (SSSR count). The van der Waals surface area contributed by atoms with Crippen molar-refractivity contribution in [1.29, 1.82) is 0 Å². The van der Waals surface area contributed by atoms with Crippen molar-refractivity contribution in [3.8, 4) is 0 Å². The zero-order chi connectivity index (χ0) is 19.2. The van der Waals surface area contributed by atoms with E-state index in [-0.39, 0.29) is 23.8 Å². The molecule has 2 N–H and O–H groups in total. The third-order valence-electron chi connectivity index (χ3n) is 4.57. The minimum Gasteiger partial charge on any atom is -0.376 e. The summed E-state index contributed by atoms with van der Waals surface area (Å²) in [6.45, 7) is 5.13. The van der Waals surface area contributed by atoms with E-state index in [0.29, 0.717) is 17.8 Å². The molecule has 0 bridgehead atoms. The van der Waals surface area contributed by atoms with Crippen LogP contribution in [-0.4, -0.2) is 31.1 Å². The number of ether oxygens (including phenoxy) is 1. The van der Waals surface area contributed by atoms with Gasteiger partial charge in [0, 0.05) is 17.9 Å². The number of halogens is 1. The molecule has 142 valence electrons. The molecule has 1 aliphatic heterocycles. The summed E-state index contributed by atoms with van der Waals surface area (Å²) >= 11 is 0. The van der Waals surface area contributed by atoms with Crippen LogP contribution in [0.1, 0.15) is 34.3 Å². The predicted molar refractivity (Wildman–Crippen MR) is 105 cm³/mol. The van der Waals surface area contributed by atoms with E-state index in [1.54, 1.807) is 18.2 Å². The minimum atomic E-state index is -0.362. The van der Waals surface area contributed by atoms with Gasteiger partial charge in [0.2, 0.25) is 5.96 Å². The number of nitrogens with zero attached hydrogens (tertiary/aromatic N) is 1. The molecular formula is C21H24FN3O2. The highest BCUT2D eigenvalue weighted by Crippen LogP contribution is 2.13. The average molecular weight is 369 g/mol. The van der Waals surface area contributed by atoms with Crippen molar-refractivity contribution in [1.82, 2.24) is 5.32 Å². The van der Waals surface area contributed by atoms with Crippen molar-refractivity contribution in [3.63, 3.8) is 0 Å². The van der Waals surface area contributed by atoms with Gasteiger partial charge in [-0.2, -0.15) is 0 Å². The van der Waals surface area contributed by atoms with Crippen LogP contribution >= 0.6 is 0 Å². The molecule has 0 unspecified atom stereocenters. The quantitative estimate of drug-likeness (QED) is 0.636. The van der Waals surface area contributed by atoms with Crippen molar-refractivity contribution < 1.29 is 13.9 Å². The topological polar surface area (TPSA) is 62.7 Å². The number of amides is 1. The van der Waals surface area contributed by atoms with Crippen molar-refractivity contribution in [3.05, 3.63) is 65.0 Å². The maximum atomic E-state index is 13.5. The Bertz CT molecular complexity index is 845. The average Bonchev–Trinajstić information content (AvgIpc) is 3.15. The number of nitrogens with one attached hydrogen (secondary N) is 2. The Hall–Kier alpha value is -2.73. The summed E-state index contributed by atoms with van der Waals surface area (Å²) in [6, 6.07) is 11.6. The van der Waals surface area contributed by atoms with E-state index in [2.05, 4.69) is 15.6 Å². The highest BCUT2D eigenvalue weighted by Gasteiger charge is 2.16. The van der Waals surface area contributed by atoms with Crippen LogP contribution < -0.4 is 10.6 Å². The van der Waals surface area contributed by atoms with Crippen LogP contribution in [0.2, 0.25) is 0 Å². The second-order valence-electron chi connectivity index (χ2n) is 6.71. The molecule has 1 saturated heterocycles. The Morgan fingerprint density at radius 3 is 2.78 bits per heavy atom. The van der Waals surface area contributed by atoms with Crippen molar-refractivity contribution in [2.24, 2.45) is 4.99 Å². The Kier molecular flexibility index (Phi) is 6.19. The molecule has 27 heavy (non-hydrogen) atoms. The first-order valence-electron chi connectivity index (χ1n) is 9.08. The van der Waals surface area contributed by atoms with E-state index in [1.165, 1.54) is 12.1 Å². The van der Waals surface area contributed by atoms with Gasteiger partial charge >= 0.3 is 0 Å². The molecule has 5 nitrogen and oxygen atoms in total. The SMILES string of the molecule is Cc1ccc(C(=O)NC(=NC[C@H]2CCCO2)Nc2cccc(F)c2)cc1C. The first kappa shape index (κ1) is 19.0. The van der Waals surface area contributed by atoms with Gasteiger partial charge in [0.05, 0.1) is 12.6 Å². The Morgan fingerprint density at radius 1 is 1.22 bits per heavy atom. The van der Waals surface area contributed by atoms with Crippen molar-refractivity contribution in [2.75, 3.05) is 18.5 Å². The monoisotopic (exact) mass is 369 g/mol. The molecule has 1 amide bonds. The number of rotatable bonds is 4. The fourth-order valence-corrected chi connectivity index (χ4v) is 2.86. The van der Waals surface area contributed by atoms with E-state index >= 15 is 0 Å². The first-order chi connectivity index (χ1) is 13.0. The zero-order valence-electron chi connectivity index (χ0n) is 15.6. The van der Waals surface area contributed by atoms with Gasteiger partial charge in [-0.25, -0.2) is 9.38 Å². The summed E-state index contributed by atoms with van der Waals surface area (Å²) in [5.41, 5.74) is 3.22. The molecule has 6 heteroatoms. The second kappa shape index (κ2) is 8.77. The number of carbonyl (C=O) groups excluding carboxylic acids is 1. The van der Waals surface area contributed by atoms with Gasteiger partial charge < -0.3 is 10.1 Å². The molecule has 2 aromatic rings. The molecule has 0 radical (unpaired) electrons. The normalized spacial score (nSPS) is 17.0. The Morgan fingerprint density at radius 2 is 2.07 bits per heavy atom. The third-order valence-corrected chi connectivity index (χ3v) is 4.57. The first-order valence-corrected chi connectivity index (χ1v) is 9.08. The predicted octanol–water partition coefficient (Wildman–Crippen LogP) is 3.82. The third kappa shape index (κ3) is 5.37. The Labute approximate surface area is 158 Å².